The zero-order chi connectivity index (χ0) is 20.4. The fourth-order valence-corrected chi connectivity index (χ4v) is 2.84. The molecule has 0 heterocycles. The first-order valence-electron chi connectivity index (χ1n) is 9.57. The van der Waals surface area contributed by atoms with Gasteiger partial charge in [-0.2, -0.15) is 0 Å². The van der Waals surface area contributed by atoms with Crippen molar-refractivity contribution in [3.05, 3.63) is 71.3 Å². The van der Waals surface area contributed by atoms with E-state index in [2.05, 4.69) is 58.8 Å². The lowest BCUT2D eigenvalue weighted by Crippen LogP contribution is -2.39. The Labute approximate surface area is 191 Å². The number of hydrogen-bond acceptors (Lipinski definition) is 3. The van der Waals surface area contributed by atoms with Crippen molar-refractivity contribution in [2.75, 3.05) is 20.6 Å². The summed E-state index contributed by atoms with van der Waals surface area (Å²) in [6, 6.07) is 18.2. The number of carbonyl (C=O) groups is 1. The molecule has 0 fully saturated rings. The number of carbonyl (C=O) groups excluding carboxylic acids is 1. The highest BCUT2D eigenvalue weighted by Gasteiger charge is 2.10. The highest BCUT2D eigenvalue weighted by atomic mass is 127. The Morgan fingerprint density at radius 3 is 2.31 bits per heavy atom. The van der Waals surface area contributed by atoms with Gasteiger partial charge in [-0.05, 0) is 43.7 Å². The molecule has 0 aliphatic heterocycles. The van der Waals surface area contributed by atoms with Crippen LogP contribution in [0.5, 0.6) is 0 Å². The molecule has 0 saturated heterocycles. The summed E-state index contributed by atoms with van der Waals surface area (Å²) in [5.74, 6) is 0.347. The van der Waals surface area contributed by atoms with Gasteiger partial charge in [0.2, 0.25) is 5.91 Å². The van der Waals surface area contributed by atoms with Crippen molar-refractivity contribution in [3.8, 4) is 0 Å². The van der Waals surface area contributed by atoms with Crippen LogP contribution in [0.4, 0.5) is 0 Å². The minimum atomic E-state index is -0.414. The van der Waals surface area contributed by atoms with Crippen LogP contribution in [0.15, 0.2) is 59.6 Å². The SMILES string of the molecule is CN=C(NCCC(C)N(C)Cc1ccccc1)NCc1ccc(C(N)=O)cc1.I. The van der Waals surface area contributed by atoms with Crippen LogP contribution in [0.3, 0.4) is 0 Å². The first-order valence-corrected chi connectivity index (χ1v) is 9.57. The number of guanidine groups is 1. The molecule has 0 bridgehead atoms. The van der Waals surface area contributed by atoms with E-state index in [-0.39, 0.29) is 24.0 Å². The third-order valence-electron chi connectivity index (χ3n) is 4.80. The van der Waals surface area contributed by atoms with E-state index in [1.807, 2.05) is 18.2 Å². The van der Waals surface area contributed by atoms with Gasteiger partial charge in [0.15, 0.2) is 5.96 Å². The topological polar surface area (TPSA) is 82.8 Å². The number of hydrogen-bond donors (Lipinski definition) is 3. The average Bonchev–Trinajstić information content (AvgIpc) is 2.71. The largest absolute Gasteiger partial charge is 0.366 e. The number of halogens is 1. The number of amides is 1. The van der Waals surface area contributed by atoms with Gasteiger partial charge in [0.25, 0.3) is 0 Å². The van der Waals surface area contributed by atoms with Crippen LogP contribution in [0.25, 0.3) is 0 Å². The second kappa shape index (κ2) is 13.2. The summed E-state index contributed by atoms with van der Waals surface area (Å²) in [4.78, 5) is 17.7. The van der Waals surface area contributed by atoms with Gasteiger partial charge in [-0.25, -0.2) is 0 Å². The van der Waals surface area contributed by atoms with Crippen molar-refractivity contribution < 1.29 is 4.79 Å². The molecule has 0 saturated carbocycles. The maximum absolute atomic E-state index is 11.1. The second-order valence-electron chi connectivity index (χ2n) is 6.95. The van der Waals surface area contributed by atoms with Gasteiger partial charge in [-0.3, -0.25) is 14.7 Å². The number of primary amides is 1. The first kappa shape index (κ1) is 24.9. The predicted molar refractivity (Wildman–Crippen MR) is 131 cm³/mol. The van der Waals surface area contributed by atoms with E-state index >= 15 is 0 Å². The van der Waals surface area contributed by atoms with Gasteiger partial charge >= 0.3 is 0 Å². The normalized spacial score (nSPS) is 12.2. The fourth-order valence-electron chi connectivity index (χ4n) is 2.84. The number of nitrogens with one attached hydrogen (secondary N) is 2. The van der Waals surface area contributed by atoms with Crippen molar-refractivity contribution in [3.63, 3.8) is 0 Å². The summed E-state index contributed by atoms with van der Waals surface area (Å²) in [5.41, 5.74) is 8.16. The molecule has 29 heavy (non-hydrogen) atoms. The lowest BCUT2D eigenvalue weighted by Gasteiger charge is -2.25. The second-order valence-corrected chi connectivity index (χ2v) is 6.95. The maximum atomic E-state index is 11.1. The monoisotopic (exact) mass is 509 g/mol. The number of nitrogens with two attached hydrogens (primary N) is 1. The average molecular weight is 509 g/mol. The van der Waals surface area contributed by atoms with Crippen LogP contribution < -0.4 is 16.4 Å². The van der Waals surface area contributed by atoms with Crippen LogP contribution in [-0.2, 0) is 13.1 Å². The van der Waals surface area contributed by atoms with Crippen molar-refractivity contribution in [1.29, 1.82) is 0 Å². The number of nitrogens with zero attached hydrogens (tertiary/aromatic N) is 2. The molecule has 2 aromatic carbocycles. The molecular weight excluding hydrogens is 477 g/mol. The quantitative estimate of drug-likeness (QED) is 0.276. The van der Waals surface area contributed by atoms with Crippen molar-refractivity contribution in [1.82, 2.24) is 15.5 Å². The molecule has 1 amide bonds. The van der Waals surface area contributed by atoms with E-state index in [9.17, 15) is 4.79 Å². The predicted octanol–water partition coefficient (Wildman–Crippen LogP) is 2.98. The zero-order valence-electron chi connectivity index (χ0n) is 17.4. The van der Waals surface area contributed by atoms with Gasteiger partial charge in [0.1, 0.15) is 0 Å². The van der Waals surface area contributed by atoms with Gasteiger partial charge < -0.3 is 16.4 Å². The molecule has 0 radical (unpaired) electrons. The van der Waals surface area contributed by atoms with Crippen molar-refractivity contribution >= 4 is 35.8 Å². The Morgan fingerprint density at radius 1 is 1.07 bits per heavy atom. The van der Waals surface area contributed by atoms with Crippen LogP contribution in [0, 0.1) is 0 Å². The van der Waals surface area contributed by atoms with E-state index < -0.39 is 5.91 Å². The third-order valence-corrected chi connectivity index (χ3v) is 4.80. The fraction of sp³-hybridized carbons (Fsp3) is 0.364. The number of rotatable bonds is 9. The number of benzene rings is 2. The van der Waals surface area contributed by atoms with E-state index in [1.165, 1.54) is 5.56 Å². The van der Waals surface area contributed by atoms with Crippen LogP contribution >= 0.6 is 24.0 Å². The molecule has 0 spiro atoms. The summed E-state index contributed by atoms with van der Waals surface area (Å²) in [6.07, 6.45) is 1.01. The summed E-state index contributed by atoms with van der Waals surface area (Å²) >= 11 is 0. The standard InChI is InChI=1S/C22H31N5O.HI/c1-17(27(3)16-19-7-5-4-6-8-19)13-14-25-22(24-2)26-15-18-9-11-20(12-10-18)21(23)28;/h4-12,17H,13-16H2,1-3H3,(H2,23,28)(H2,24,25,26);1H. The zero-order valence-corrected chi connectivity index (χ0v) is 19.7. The summed E-state index contributed by atoms with van der Waals surface area (Å²) in [5, 5.41) is 6.64. The Morgan fingerprint density at radius 2 is 1.72 bits per heavy atom. The molecule has 1 unspecified atom stereocenters. The van der Waals surface area contributed by atoms with Crippen LogP contribution in [0.1, 0.15) is 34.8 Å². The molecule has 158 valence electrons. The summed E-state index contributed by atoms with van der Waals surface area (Å²) in [7, 11) is 3.91. The van der Waals surface area contributed by atoms with Gasteiger partial charge in [0, 0.05) is 38.3 Å². The van der Waals surface area contributed by atoms with E-state index in [1.54, 1.807) is 19.2 Å². The maximum Gasteiger partial charge on any atom is 0.248 e. The van der Waals surface area contributed by atoms with Crippen molar-refractivity contribution in [2.45, 2.75) is 32.5 Å². The molecule has 0 aliphatic carbocycles. The molecule has 7 heteroatoms. The Balaban J connectivity index is 0.00000420. The third kappa shape index (κ3) is 8.82. The minimum absolute atomic E-state index is 0. The molecule has 2 aromatic rings. The van der Waals surface area contributed by atoms with E-state index in [4.69, 9.17) is 5.73 Å². The van der Waals surface area contributed by atoms with Crippen LogP contribution in [0.2, 0.25) is 0 Å². The minimum Gasteiger partial charge on any atom is -0.366 e. The molecule has 6 nitrogen and oxygen atoms in total. The van der Waals surface area contributed by atoms with Gasteiger partial charge in [0.05, 0.1) is 0 Å². The number of aliphatic imine (C=N–C) groups is 1. The highest BCUT2D eigenvalue weighted by molar-refractivity contribution is 14.0. The summed E-state index contributed by atoms with van der Waals surface area (Å²) < 4.78 is 0. The Kier molecular flexibility index (Phi) is 11.3. The molecular formula is C22H32IN5O. The van der Waals surface area contributed by atoms with E-state index in [0.29, 0.717) is 18.2 Å². The smallest absolute Gasteiger partial charge is 0.248 e. The summed E-state index contributed by atoms with van der Waals surface area (Å²) in [6.45, 7) is 4.64. The van der Waals surface area contributed by atoms with Gasteiger partial charge in [-0.15, -0.1) is 24.0 Å². The molecule has 1 atom stereocenters. The molecule has 4 N–H and O–H groups in total. The Bertz CT molecular complexity index is 765. The Hall–Kier alpha value is -2.13. The lowest BCUT2D eigenvalue weighted by atomic mass is 10.1. The van der Waals surface area contributed by atoms with E-state index in [0.717, 1.165) is 31.0 Å². The lowest BCUT2D eigenvalue weighted by molar-refractivity contribution is 0.100. The molecule has 0 aromatic heterocycles. The first-order chi connectivity index (χ1) is 13.5. The van der Waals surface area contributed by atoms with Crippen LogP contribution in [-0.4, -0.2) is 43.4 Å². The molecule has 2 rings (SSSR count). The molecule has 0 aliphatic rings. The highest BCUT2D eigenvalue weighted by Crippen LogP contribution is 2.08. The van der Waals surface area contributed by atoms with Gasteiger partial charge in [-0.1, -0.05) is 42.5 Å². The van der Waals surface area contributed by atoms with Crippen molar-refractivity contribution in [2.24, 2.45) is 10.7 Å².